The van der Waals surface area contributed by atoms with E-state index in [0.29, 0.717) is 17.2 Å². The molecular formula is C14H13N3O3. The van der Waals surface area contributed by atoms with Gasteiger partial charge in [-0.05, 0) is 19.1 Å². The first kappa shape index (κ1) is 13.7. The van der Waals surface area contributed by atoms with Gasteiger partial charge < -0.3 is 10.4 Å². The van der Waals surface area contributed by atoms with Gasteiger partial charge in [-0.3, -0.25) is 4.79 Å². The summed E-state index contributed by atoms with van der Waals surface area (Å²) < 4.78 is 0. The lowest BCUT2D eigenvalue weighted by Gasteiger charge is -2.05. The summed E-state index contributed by atoms with van der Waals surface area (Å²) in [4.78, 5) is 30.6. The largest absolute Gasteiger partial charge is 0.478 e. The van der Waals surface area contributed by atoms with Crippen LogP contribution in [0.2, 0.25) is 0 Å². The quantitative estimate of drug-likeness (QED) is 0.882. The Hall–Kier alpha value is -2.76. The summed E-state index contributed by atoms with van der Waals surface area (Å²) in [6.07, 6.45) is 1.21. The number of hydrogen-bond donors (Lipinski definition) is 2. The molecule has 102 valence electrons. The number of hydrogen-bond acceptors (Lipinski definition) is 4. The van der Waals surface area contributed by atoms with Crippen LogP contribution in [-0.2, 0) is 11.2 Å². The minimum absolute atomic E-state index is 0.00433. The molecule has 2 rings (SSSR count). The first-order chi connectivity index (χ1) is 9.56. The highest BCUT2D eigenvalue weighted by Gasteiger charge is 2.12. The van der Waals surface area contributed by atoms with Gasteiger partial charge in [0.15, 0.2) is 0 Å². The van der Waals surface area contributed by atoms with E-state index in [1.165, 1.54) is 6.20 Å². The molecule has 1 aromatic heterocycles. The van der Waals surface area contributed by atoms with Crippen molar-refractivity contribution in [3.05, 3.63) is 53.6 Å². The number of carbonyl (C=O) groups excluding carboxylic acids is 1. The average Bonchev–Trinajstić information content (AvgIpc) is 2.39. The maximum absolute atomic E-state index is 11.8. The van der Waals surface area contributed by atoms with Crippen molar-refractivity contribution in [1.82, 2.24) is 9.97 Å². The van der Waals surface area contributed by atoms with E-state index in [0.717, 1.165) is 0 Å². The van der Waals surface area contributed by atoms with Gasteiger partial charge in [0.25, 0.3) is 0 Å². The molecule has 20 heavy (non-hydrogen) atoms. The van der Waals surface area contributed by atoms with Crippen molar-refractivity contribution >= 4 is 17.6 Å². The number of aromatic nitrogens is 2. The highest BCUT2D eigenvalue weighted by atomic mass is 16.4. The molecular weight excluding hydrogens is 258 g/mol. The molecule has 0 radical (unpaired) electrons. The SMILES string of the molecule is Cc1nc(CC(=O)Nc2ccccc2)ncc1C(=O)O. The van der Waals surface area contributed by atoms with Crippen LogP contribution in [0.1, 0.15) is 21.9 Å². The van der Waals surface area contributed by atoms with E-state index in [4.69, 9.17) is 5.11 Å². The lowest BCUT2D eigenvalue weighted by atomic mass is 10.2. The van der Waals surface area contributed by atoms with Crippen LogP contribution in [0.15, 0.2) is 36.5 Å². The number of para-hydroxylation sites is 1. The molecule has 0 atom stereocenters. The molecule has 0 saturated carbocycles. The maximum Gasteiger partial charge on any atom is 0.339 e. The highest BCUT2D eigenvalue weighted by molar-refractivity contribution is 5.92. The molecule has 0 bridgehead atoms. The third-order valence-corrected chi connectivity index (χ3v) is 2.64. The minimum Gasteiger partial charge on any atom is -0.478 e. The van der Waals surface area contributed by atoms with Crippen LogP contribution >= 0.6 is 0 Å². The fourth-order valence-corrected chi connectivity index (χ4v) is 1.68. The lowest BCUT2D eigenvalue weighted by molar-refractivity contribution is -0.115. The molecule has 0 aliphatic heterocycles. The van der Waals surface area contributed by atoms with E-state index in [1.807, 2.05) is 18.2 Å². The molecule has 0 saturated heterocycles. The Morgan fingerprint density at radius 3 is 2.55 bits per heavy atom. The van der Waals surface area contributed by atoms with Crippen molar-refractivity contribution < 1.29 is 14.7 Å². The maximum atomic E-state index is 11.8. The number of nitrogens with zero attached hydrogens (tertiary/aromatic N) is 2. The number of anilines is 1. The van der Waals surface area contributed by atoms with E-state index >= 15 is 0 Å². The van der Waals surface area contributed by atoms with Gasteiger partial charge >= 0.3 is 5.97 Å². The van der Waals surface area contributed by atoms with Crippen molar-refractivity contribution in [2.24, 2.45) is 0 Å². The number of carbonyl (C=O) groups is 2. The summed E-state index contributed by atoms with van der Waals surface area (Å²) in [6, 6.07) is 9.04. The summed E-state index contributed by atoms with van der Waals surface area (Å²) in [7, 11) is 0. The standard InChI is InChI=1S/C14H13N3O3/c1-9-11(14(19)20)8-15-12(16-9)7-13(18)17-10-5-3-2-4-6-10/h2-6,8H,7H2,1H3,(H,17,18)(H,19,20). The number of benzene rings is 1. The molecule has 6 heteroatoms. The second kappa shape index (κ2) is 5.92. The highest BCUT2D eigenvalue weighted by Crippen LogP contribution is 2.07. The topological polar surface area (TPSA) is 92.2 Å². The number of carboxylic acid groups (broad SMARTS) is 1. The van der Waals surface area contributed by atoms with Gasteiger partial charge in [0.2, 0.25) is 5.91 Å². The van der Waals surface area contributed by atoms with Crippen molar-refractivity contribution in [2.45, 2.75) is 13.3 Å². The molecule has 6 nitrogen and oxygen atoms in total. The number of nitrogens with one attached hydrogen (secondary N) is 1. The van der Waals surface area contributed by atoms with Crippen LogP contribution in [-0.4, -0.2) is 27.0 Å². The number of amides is 1. The Bertz CT molecular complexity index is 641. The monoisotopic (exact) mass is 271 g/mol. The number of aryl methyl sites for hydroxylation is 1. The predicted molar refractivity (Wildman–Crippen MR) is 72.5 cm³/mol. The zero-order valence-electron chi connectivity index (χ0n) is 10.8. The second-order valence-electron chi connectivity index (χ2n) is 4.18. The van der Waals surface area contributed by atoms with Gasteiger partial charge in [-0.15, -0.1) is 0 Å². The van der Waals surface area contributed by atoms with Crippen molar-refractivity contribution in [1.29, 1.82) is 0 Å². The molecule has 0 spiro atoms. The van der Waals surface area contributed by atoms with Gasteiger partial charge in [0.05, 0.1) is 17.7 Å². The second-order valence-corrected chi connectivity index (χ2v) is 4.18. The van der Waals surface area contributed by atoms with Gasteiger partial charge in [0, 0.05) is 11.9 Å². The molecule has 0 fully saturated rings. The van der Waals surface area contributed by atoms with Crippen LogP contribution in [0, 0.1) is 6.92 Å². The van der Waals surface area contributed by atoms with Gasteiger partial charge in [0.1, 0.15) is 5.82 Å². The van der Waals surface area contributed by atoms with E-state index in [9.17, 15) is 9.59 Å². The number of rotatable bonds is 4. The fourth-order valence-electron chi connectivity index (χ4n) is 1.68. The van der Waals surface area contributed by atoms with Gasteiger partial charge in [-0.1, -0.05) is 18.2 Å². The Balaban J connectivity index is 2.05. The van der Waals surface area contributed by atoms with E-state index < -0.39 is 5.97 Å². The Kier molecular flexibility index (Phi) is 4.05. The summed E-state index contributed by atoms with van der Waals surface area (Å²) in [5, 5.41) is 11.6. The number of aromatic carboxylic acids is 1. The van der Waals surface area contributed by atoms with E-state index in [-0.39, 0.29) is 17.9 Å². The Morgan fingerprint density at radius 2 is 1.95 bits per heavy atom. The fraction of sp³-hybridized carbons (Fsp3) is 0.143. The summed E-state index contributed by atoms with van der Waals surface area (Å²) >= 11 is 0. The van der Waals surface area contributed by atoms with Crippen LogP contribution in [0.3, 0.4) is 0 Å². The number of carboxylic acids is 1. The van der Waals surface area contributed by atoms with Crippen LogP contribution in [0.4, 0.5) is 5.69 Å². The van der Waals surface area contributed by atoms with Crippen LogP contribution < -0.4 is 5.32 Å². The van der Waals surface area contributed by atoms with E-state index in [2.05, 4.69) is 15.3 Å². The average molecular weight is 271 g/mol. The molecule has 1 heterocycles. The van der Waals surface area contributed by atoms with Crippen molar-refractivity contribution in [3.8, 4) is 0 Å². The van der Waals surface area contributed by atoms with Crippen molar-refractivity contribution in [2.75, 3.05) is 5.32 Å². The zero-order chi connectivity index (χ0) is 14.5. The molecule has 0 unspecified atom stereocenters. The van der Waals surface area contributed by atoms with Crippen LogP contribution in [0.5, 0.6) is 0 Å². The molecule has 1 amide bonds. The molecule has 2 N–H and O–H groups in total. The minimum atomic E-state index is -1.08. The van der Waals surface area contributed by atoms with E-state index in [1.54, 1.807) is 19.1 Å². The third kappa shape index (κ3) is 3.38. The lowest BCUT2D eigenvalue weighted by Crippen LogP contribution is -2.17. The Morgan fingerprint density at radius 1 is 1.25 bits per heavy atom. The van der Waals surface area contributed by atoms with Gasteiger partial charge in [-0.2, -0.15) is 0 Å². The van der Waals surface area contributed by atoms with Crippen LogP contribution in [0.25, 0.3) is 0 Å². The Labute approximate surface area is 115 Å². The predicted octanol–water partition coefficient (Wildman–Crippen LogP) is 1.66. The summed E-state index contributed by atoms with van der Waals surface area (Å²) in [5.74, 6) is -1.04. The summed E-state index contributed by atoms with van der Waals surface area (Å²) in [6.45, 7) is 1.57. The molecule has 2 aromatic rings. The van der Waals surface area contributed by atoms with Gasteiger partial charge in [-0.25, -0.2) is 14.8 Å². The van der Waals surface area contributed by atoms with Crippen molar-refractivity contribution in [3.63, 3.8) is 0 Å². The molecule has 1 aromatic carbocycles. The molecule has 0 aliphatic carbocycles. The smallest absolute Gasteiger partial charge is 0.339 e. The molecule has 0 aliphatic rings. The first-order valence-electron chi connectivity index (χ1n) is 5.97. The zero-order valence-corrected chi connectivity index (χ0v) is 10.8. The summed E-state index contributed by atoms with van der Waals surface area (Å²) in [5.41, 5.74) is 1.07. The third-order valence-electron chi connectivity index (χ3n) is 2.64. The first-order valence-corrected chi connectivity index (χ1v) is 5.97. The normalized spacial score (nSPS) is 10.1.